The molecule has 8 rings (SSSR count). The Morgan fingerprint density at radius 3 is 2.50 bits per heavy atom. The topological polar surface area (TPSA) is 97.5 Å². The highest BCUT2D eigenvalue weighted by Crippen LogP contribution is 2.55. The van der Waals surface area contributed by atoms with Crippen LogP contribution in [0.4, 0.5) is 0 Å². The predicted molar refractivity (Wildman–Crippen MR) is 136 cm³/mol. The average Bonchev–Trinajstić information content (AvgIpc) is 3.48. The molecule has 1 amide bonds. The molecule has 0 saturated carbocycles. The monoisotopic (exact) mass is 480 g/mol. The summed E-state index contributed by atoms with van der Waals surface area (Å²) in [6, 6.07) is 15.9. The summed E-state index contributed by atoms with van der Waals surface area (Å²) < 4.78 is 11.3. The van der Waals surface area contributed by atoms with Crippen molar-refractivity contribution >= 4 is 55.8 Å². The molecule has 0 spiro atoms. The van der Waals surface area contributed by atoms with E-state index in [0.29, 0.717) is 17.5 Å². The first kappa shape index (κ1) is 20.5. The Labute approximate surface area is 205 Å². The van der Waals surface area contributed by atoms with Crippen molar-refractivity contribution in [3.63, 3.8) is 0 Å². The molecule has 5 aromatic rings. The van der Waals surface area contributed by atoms with E-state index in [1.165, 1.54) is 0 Å². The van der Waals surface area contributed by atoms with Gasteiger partial charge >= 0.3 is 0 Å². The van der Waals surface area contributed by atoms with Crippen molar-refractivity contribution in [1.82, 2.24) is 19.8 Å². The van der Waals surface area contributed by atoms with Crippen LogP contribution < -0.4 is 10.6 Å². The van der Waals surface area contributed by atoms with Gasteiger partial charge in [0.05, 0.1) is 33.5 Å². The van der Waals surface area contributed by atoms with Crippen molar-refractivity contribution < 1.29 is 19.4 Å². The number of benzene rings is 3. The number of carbonyl (C=O) groups is 2. The van der Waals surface area contributed by atoms with Crippen molar-refractivity contribution in [3.05, 3.63) is 59.7 Å². The third-order valence-corrected chi connectivity index (χ3v) is 8.70. The molecule has 180 valence electrons. The van der Waals surface area contributed by atoms with Crippen molar-refractivity contribution in [1.29, 1.82) is 0 Å². The van der Waals surface area contributed by atoms with Gasteiger partial charge in [-0.2, -0.15) is 0 Å². The zero-order valence-electron chi connectivity index (χ0n) is 19.8. The van der Waals surface area contributed by atoms with Crippen LogP contribution in [0.1, 0.15) is 41.7 Å². The summed E-state index contributed by atoms with van der Waals surface area (Å²) in [5.41, 5.74) is 3.75. The van der Waals surface area contributed by atoms with Crippen molar-refractivity contribution in [2.75, 3.05) is 7.05 Å². The molecule has 3 aliphatic heterocycles. The Morgan fingerprint density at radius 1 is 1.08 bits per heavy atom. The number of fused-ring (bicyclic) bond motifs is 13. The number of rotatable bonds is 2. The highest BCUT2D eigenvalue weighted by atomic mass is 16.5. The molecule has 0 unspecified atom stereocenters. The molecule has 0 radical (unpaired) electrons. The molecule has 1 fully saturated rings. The minimum atomic E-state index is -1.12. The number of hydrogen-bond acceptors (Lipinski definition) is 5. The van der Waals surface area contributed by atoms with Crippen LogP contribution in [0.25, 0.3) is 43.6 Å². The molecule has 1 saturated heterocycles. The van der Waals surface area contributed by atoms with Crippen molar-refractivity contribution in [2.45, 2.75) is 37.6 Å². The van der Waals surface area contributed by atoms with E-state index in [2.05, 4.69) is 25.8 Å². The summed E-state index contributed by atoms with van der Waals surface area (Å²) in [7, 11) is 1.89. The van der Waals surface area contributed by atoms with E-state index in [4.69, 9.17) is 4.74 Å². The Bertz CT molecular complexity index is 1820. The fourth-order valence-electron chi connectivity index (χ4n) is 7.30. The molecule has 0 aliphatic carbocycles. The fraction of sp³-hybridized carbons (Fsp3) is 0.286. The maximum Gasteiger partial charge on any atom is 0.254 e. The smallest absolute Gasteiger partial charge is 0.254 e. The van der Waals surface area contributed by atoms with Gasteiger partial charge in [-0.05, 0) is 26.1 Å². The average molecular weight is 481 g/mol. The van der Waals surface area contributed by atoms with Crippen LogP contribution in [0.2, 0.25) is 0 Å². The molecule has 5 heterocycles. The molecular formula is C28H24N4O4. The number of aromatic nitrogens is 2. The molecule has 3 aromatic carbocycles. The lowest BCUT2D eigenvalue weighted by Gasteiger charge is -2.47. The Balaban J connectivity index is 1.74. The summed E-state index contributed by atoms with van der Waals surface area (Å²) in [5.74, 6) is -0.737. The minimum absolute atomic E-state index is 0.117. The van der Waals surface area contributed by atoms with Crippen molar-refractivity contribution in [3.8, 4) is 0 Å². The standard InChI is InChI=1S/C28H24N4O4/c1-28-15(12-33)16(29-2)11-19(36-28)31-17-9-5-3-7-13(17)20-22-23(27(35)30-26(22)34)21-14-8-4-6-10-18(14)32(28)25(21)24(20)31/h3-10,12,15-16,19,27,29,35H,11H2,1-2H3,(H,30,34)/t15-,16-,19+,27+,28+/m1/s1. The molecule has 2 aromatic heterocycles. The second-order valence-electron chi connectivity index (χ2n) is 10.3. The third-order valence-electron chi connectivity index (χ3n) is 8.70. The summed E-state index contributed by atoms with van der Waals surface area (Å²) in [6.07, 6.45) is 0.114. The number of para-hydroxylation sites is 2. The maximum absolute atomic E-state index is 13.3. The highest BCUT2D eigenvalue weighted by molar-refractivity contribution is 6.31. The van der Waals surface area contributed by atoms with Gasteiger partial charge in [0.1, 0.15) is 12.5 Å². The van der Waals surface area contributed by atoms with Crippen LogP contribution in [0.5, 0.6) is 0 Å². The second kappa shape index (κ2) is 6.53. The predicted octanol–water partition coefficient (Wildman–Crippen LogP) is 3.65. The second-order valence-corrected chi connectivity index (χ2v) is 10.3. The quantitative estimate of drug-likeness (QED) is 0.335. The van der Waals surface area contributed by atoms with Gasteiger partial charge in [0.2, 0.25) is 0 Å². The number of ether oxygens (including phenoxy) is 1. The molecule has 8 heteroatoms. The van der Waals surface area contributed by atoms with Crippen LogP contribution >= 0.6 is 0 Å². The van der Waals surface area contributed by atoms with Gasteiger partial charge in [0, 0.05) is 39.6 Å². The van der Waals surface area contributed by atoms with Crippen LogP contribution in [0.3, 0.4) is 0 Å². The Kier molecular flexibility index (Phi) is 3.71. The molecule has 5 atom stereocenters. The van der Waals surface area contributed by atoms with Crippen molar-refractivity contribution in [2.24, 2.45) is 5.92 Å². The Morgan fingerprint density at radius 2 is 1.78 bits per heavy atom. The normalized spacial score (nSPS) is 28.8. The SMILES string of the molecule is CN[C@@H]1C[C@@H]2O[C@@](C)([C@@H]1C=O)n1c3ccccc3c3c4c(c5c6ccccc6n2c5c31)C(=O)N[C@H]4O. The van der Waals surface area contributed by atoms with Gasteiger partial charge in [-0.15, -0.1) is 0 Å². The number of nitrogens with zero attached hydrogens (tertiary/aromatic N) is 2. The number of carbonyl (C=O) groups excluding carboxylic acids is 2. The lowest BCUT2D eigenvalue weighted by molar-refractivity contribution is -0.221. The van der Waals surface area contributed by atoms with E-state index >= 15 is 0 Å². The van der Waals surface area contributed by atoms with Crippen LogP contribution in [-0.4, -0.2) is 39.5 Å². The first-order valence-electron chi connectivity index (χ1n) is 12.3. The fourth-order valence-corrected chi connectivity index (χ4v) is 7.30. The molecule has 8 nitrogen and oxygen atoms in total. The number of aliphatic hydroxyl groups excluding tert-OH is 1. The summed E-state index contributed by atoms with van der Waals surface area (Å²) in [4.78, 5) is 26.0. The maximum atomic E-state index is 13.3. The van der Waals surface area contributed by atoms with E-state index in [1.807, 2.05) is 56.4 Å². The van der Waals surface area contributed by atoms with Gasteiger partial charge in [-0.1, -0.05) is 36.4 Å². The van der Waals surface area contributed by atoms with Gasteiger partial charge in [-0.25, -0.2) is 0 Å². The number of hydrogen-bond donors (Lipinski definition) is 3. The molecular weight excluding hydrogens is 456 g/mol. The summed E-state index contributed by atoms with van der Waals surface area (Å²) >= 11 is 0. The number of nitrogens with one attached hydrogen (secondary N) is 2. The summed E-state index contributed by atoms with van der Waals surface area (Å²) in [6.45, 7) is 1.99. The zero-order valence-corrected chi connectivity index (χ0v) is 19.8. The number of aldehydes is 1. The van der Waals surface area contributed by atoms with Gasteiger partial charge in [0.15, 0.2) is 12.0 Å². The van der Waals surface area contributed by atoms with Crippen LogP contribution in [0.15, 0.2) is 48.5 Å². The minimum Gasteiger partial charge on any atom is -0.369 e. The largest absolute Gasteiger partial charge is 0.369 e. The zero-order chi connectivity index (χ0) is 24.5. The van der Waals surface area contributed by atoms with Gasteiger partial charge in [0.25, 0.3) is 5.91 Å². The number of aliphatic hydroxyl groups is 1. The number of amides is 1. The lowest BCUT2D eigenvalue weighted by Crippen LogP contribution is -2.55. The molecule has 3 aliphatic rings. The highest BCUT2D eigenvalue weighted by Gasteiger charge is 2.52. The third kappa shape index (κ3) is 2.10. The van der Waals surface area contributed by atoms with E-state index in [9.17, 15) is 14.7 Å². The first-order chi connectivity index (χ1) is 17.5. The van der Waals surface area contributed by atoms with E-state index in [-0.39, 0.29) is 18.2 Å². The van der Waals surface area contributed by atoms with E-state index < -0.39 is 17.9 Å². The van der Waals surface area contributed by atoms with E-state index in [0.717, 1.165) is 49.9 Å². The van der Waals surface area contributed by atoms with Gasteiger partial charge < -0.3 is 34.4 Å². The lowest BCUT2D eigenvalue weighted by atomic mass is 9.85. The van der Waals surface area contributed by atoms with Gasteiger partial charge in [-0.3, -0.25) is 4.79 Å². The summed E-state index contributed by atoms with van der Waals surface area (Å²) in [5, 5.41) is 20.7. The first-order valence-corrected chi connectivity index (χ1v) is 12.3. The van der Waals surface area contributed by atoms with Crippen LogP contribution in [0, 0.1) is 5.92 Å². The Hall–Kier alpha value is -3.72. The van der Waals surface area contributed by atoms with E-state index in [1.54, 1.807) is 0 Å². The van der Waals surface area contributed by atoms with Crippen LogP contribution in [-0.2, 0) is 15.3 Å². The molecule has 3 N–H and O–H groups in total. The molecule has 36 heavy (non-hydrogen) atoms. The molecule has 2 bridgehead atoms.